The number of nitrogens with zero attached hydrogens (tertiary/aromatic N) is 3. The van der Waals surface area contributed by atoms with Crippen LogP contribution >= 0.6 is 0 Å². The van der Waals surface area contributed by atoms with Gasteiger partial charge in [-0.25, -0.2) is 0 Å². The van der Waals surface area contributed by atoms with Crippen LogP contribution in [-0.4, -0.2) is 21.8 Å². The van der Waals surface area contributed by atoms with Gasteiger partial charge in [-0.05, 0) is 48.2 Å². The quantitative estimate of drug-likeness (QED) is 0.347. The van der Waals surface area contributed by atoms with Gasteiger partial charge in [0, 0.05) is 12.7 Å². The number of amides is 1. The van der Waals surface area contributed by atoms with Gasteiger partial charge in [0.25, 0.3) is 11.5 Å². The number of hydrogen-bond acceptors (Lipinski definition) is 5. The lowest BCUT2D eigenvalue weighted by atomic mass is 10.0. The molecule has 2 heterocycles. The summed E-state index contributed by atoms with van der Waals surface area (Å²) in [6.07, 6.45) is 4.29. The highest BCUT2D eigenvalue weighted by molar-refractivity contribution is 6.02. The van der Waals surface area contributed by atoms with Crippen molar-refractivity contribution in [1.29, 1.82) is 5.26 Å². The molecular weight excluding hydrogens is 404 g/mol. The molecule has 0 fully saturated rings. The number of ether oxygens (including phenoxy) is 1. The molecule has 1 aromatic carbocycles. The number of pyridine rings is 1. The van der Waals surface area contributed by atoms with E-state index < -0.39 is 11.5 Å². The Balaban J connectivity index is 2.23. The molecule has 0 aliphatic carbocycles. The van der Waals surface area contributed by atoms with E-state index in [2.05, 4.69) is 16.9 Å². The van der Waals surface area contributed by atoms with E-state index >= 15 is 0 Å². The zero-order valence-corrected chi connectivity index (χ0v) is 18.3. The molecule has 1 N–H and O–H groups in total. The summed E-state index contributed by atoms with van der Waals surface area (Å²) >= 11 is 0. The van der Waals surface area contributed by atoms with E-state index in [0.717, 1.165) is 11.1 Å². The van der Waals surface area contributed by atoms with E-state index in [0.29, 0.717) is 11.4 Å². The van der Waals surface area contributed by atoms with Crippen molar-refractivity contribution in [3.8, 4) is 17.7 Å². The minimum absolute atomic E-state index is 0.00946. The predicted octanol–water partition coefficient (Wildman–Crippen LogP) is 4.13. The summed E-state index contributed by atoms with van der Waals surface area (Å²) in [4.78, 5) is 30.1. The van der Waals surface area contributed by atoms with E-state index in [4.69, 9.17) is 4.74 Å². The van der Waals surface area contributed by atoms with Gasteiger partial charge >= 0.3 is 0 Å². The maximum Gasteiger partial charge on any atom is 0.269 e. The molecule has 0 atom stereocenters. The molecule has 3 aromatic rings. The van der Waals surface area contributed by atoms with Crippen molar-refractivity contribution < 1.29 is 9.53 Å². The lowest BCUT2D eigenvalue weighted by Gasteiger charge is -2.16. The molecule has 0 aliphatic rings. The largest absolute Gasteiger partial charge is 0.438 e. The Bertz CT molecular complexity index is 1310. The third-order valence-corrected chi connectivity index (χ3v) is 4.79. The van der Waals surface area contributed by atoms with Crippen molar-refractivity contribution in [3.05, 3.63) is 87.9 Å². The number of fused-ring (bicyclic) bond motifs is 1. The molecular formula is C25H24N4O3. The molecule has 7 heteroatoms. The monoisotopic (exact) mass is 428 g/mol. The van der Waals surface area contributed by atoms with Crippen LogP contribution in [-0.2, 0) is 4.79 Å². The average Bonchev–Trinajstić information content (AvgIpc) is 2.77. The first-order chi connectivity index (χ1) is 15.3. The SMILES string of the molecule is C=CCNC(=O)/C(C#N)=C/c1c(Oc2cc(C)ccc2C(C)C)nc2ccccn2c1=O. The van der Waals surface area contributed by atoms with E-state index in [9.17, 15) is 14.9 Å². The number of carbonyl (C=O) groups is 1. The van der Waals surface area contributed by atoms with E-state index in [1.165, 1.54) is 16.6 Å². The molecule has 162 valence electrons. The number of hydrogen-bond donors (Lipinski definition) is 1. The van der Waals surface area contributed by atoms with Crippen LogP contribution < -0.4 is 15.6 Å². The van der Waals surface area contributed by atoms with Gasteiger partial charge in [0.1, 0.15) is 28.6 Å². The lowest BCUT2D eigenvalue weighted by molar-refractivity contribution is -0.116. The third-order valence-electron chi connectivity index (χ3n) is 4.79. The topological polar surface area (TPSA) is 96.5 Å². The van der Waals surface area contributed by atoms with Crippen LogP contribution in [0.15, 0.2) is 65.6 Å². The van der Waals surface area contributed by atoms with Gasteiger partial charge in [0.2, 0.25) is 5.88 Å². The van der Waals surface area contributed by atoms with Crippen LogP contribution in [0.25, 0.3) is 11.7 Å². The van der Waals surface area contributed by atoms with Gasteiger partial charge in [0.15, 0.2) is 0 Å². The summed E-state index contributed by atoms with van der Waals surface area (Å²) in [5, 5.41) is 12.1. The van der Waals surface area contributed by atoms with Crippen molar-refractivity contribution in [2.24, 2.45) is 0 Å². The van der Waals surface area contributed by atoms with Crippen LogP contribution in [0.3, 0.4) is 0 Å². The summed E-state index contributed by atoms with van der Waals surface area (Å²) in [6, 6.07) is 12.8. The fraction of sp³-hybridized carbons (Fsp3) is 0.200. The van der Waals surface area contributed by atoms with Crippen molar-refractivity contribution in [1.82, 2.24) is 14.7 Å². The summed E-state index contributed by atoms with van der Waals surface area (Å²) in [6.45, 7) is 9.76. The molecule has 0 unspecified atom stereocenters. The highest BCUT2D eigenvalue weighted by atomic mass is 16.5. The molecule has 0 saturated heterocycles. The average molecular weight is 428 g/mol. The van der Waals surface area contributed by atoms with E-state index in [1.807, 2.05) is 45.0 Å². The molecule has 3 rings (SSSR count). The fourth-order valence-corrected chi connectivity index (χ4v) is 3.15. The first-order valence-corrected chi connectivity index (χ1v) is 10.2. The highest BCUT2D eigenvalue weighted by Gasteiger charge is 2.18. The summed E-state index contributed by atoms with van der Waals surface area (Å²) in [7, 11) is 0. The van der Waals surface area contributed by atoms with Crippen LogP contribution in [0, 0.1) is 18.3 Å². The predicted molar refractivity (Wildman–Crippen MR) is 124 cm³/mol. The number of rotatable bonds is 7. The van der Waals surface area contributed by atoms with E-state index in [1.54, 1.807) is 24.4 Å². The van der Waals surface area contributed by atoms with Crippen molar-refractivity contribution in [3.63, 3.8) is 0 Å². The first kappa shape index (κ1) is 22.5. The second-order valence-corrected chi connectivity index (χ2v) is 7.53. The summed E-state index contributed by atoms with van der Waals surface area (Å²) in [5.41, 5.74) is 1.65. The van der Waals surface area contributed by atoms with Crippen LogP contribution in [0.4, 0.5) is 0 Å². The molecule has 0 radical (unpaired) electrons. The molecule has 0 saturated carbocycles. The summed E-state index contributed by atoms with van der Waals surface area (Å²) < 4.78 is 7.49. The number of nitrogens with one attached hydrogen (secondary N) is 1. The van der Waals surface area contributed by atoms with Crippen molar-refractivity contribution >= 4 is 17.6 Å². The van der Waals surface area contributed by atoms with Crippen LogP contribution in [0.1, 0.15) is 36.5 Å². The molecule has 0 spiro atoms. The number of aryl methyl sites for hydroxylation is 1. The second kappa shape index (κ2) is 9.75. The number of carbonyl (C=O) groups excluding carboxylic acids is 1. The minimum atomic E-state index is -0.616. The normalized spacial score (nSPS) is 11.3. The Morgan fingerprint density at radius 1 is 1.34 bits per heavy atom. The molecule has 1 amide bonds. The zero-order chi connectivity index (χ0) is 23.3. The number of benzene rings is 1. The van der Waals surface area contributed by atoms with E-state index in [-0.39, 0.29) is 29.5 Å². The molecule has 32 heavy (non-hydrogen) atoms. The second-order valence-electron chi connectivity index (χ2n) is 7.53. The number of nitriles is 1. The third kappa shape index (κ3) is 4.76. The van der Waals surface area contributed by atoms with Gasteiger partial charge in [-0.3, -0.25) is 14.0 Å². The lowest BCUT2D eigenvalue weighted by Crippen LogP contribution is -2.25. The van der Waals surface area contributed by atoms with Crippen molar-refractivity contribution in [2.45, 2.75) is 26.7 Å². The van der Waals surface area contributed by atoms with Gasteiger partial charge in [0.05, 0.1) is 0 Å². The smallest absolute Gasteiger partial charge is 0.269 e. The molecule has 7 nitrogen and oxygen atoms in total. The van der Waals surface area contributed by atoms with Crippen molar-refractivity contribution in [2.75, 3.05) is 6.54 Å². The first-order valence-electron chi connectivity index (χ1n) is 10.2. The maximum atomic E-state index is 13.3. The van der Waals surface area contributed by atoms with Gasteiger partial charge in [-0.1, -0.05) is 38.1 Å². The fourth-order valence-electron chi connectivity index (χ4n) is 3.15. The Morgan fingerprint density at radius 3 is 2.81 bits per heavy atom. The highest BCUT2D eigenvalue weighted by Crippen LogP contribution is 2.32. The van der Waals surface area contributed by atoms with Gasteiger partial charge in [-0.15, -0.1) is 6.58 Å². The van der Waals surface area contributed by atoms with Crippen LogP contribution in [0.2, 0.25) is 0 Å². The Morgan fingerprint density at radius 2 is 2.12 bits per heavy atom. The van der Waals surface area contributed by atoms with Crippen LogP contribution in [0.5, 0.6) is 11.6 Å². The van der Waals surface area contributed by atoms with Gasteiger partial charge < -0.3 is 10.1 Å². The standard InChI is InChI=1S/C25H24N4O3/c1-5-11-27-23(30)18(15-26)14-20-24(28-22-8-6-7-12-29(22)25(20)31)32-21-13-17(4)9-10-19(21)16(2)3/h5-10,12-14,16H,1,11H2,2-4H3,(H,27,30)/b18-14+. The Labute approximate surface area is 186 Å². The molecule has 0 bridgehead atoms. The molecule has 2 aromatic heterocycles. The zero-order valence-electron chi connectivity index (χ0n) is 18.3. The Kier molecular flexibility index (Phi) is 6.86. The molecule has 0 aliphatic heterocycles. The Hall–Kier alpha value is -4.18. The van der Waals surface area contributed by atoms with Gasteiger partial charge in [-0.2, -0.15) is 10.2 Å². The minimum Gasteiger partial charge on any atom is -0.438 e. The number of aromatic nitrogens is 2. The summed E-state index contributed by atoms with van der Waals surface area (Å²) in [5.74, 6) is 0.147. The maximum absolute atomic E-state index is 13.3.